The fraction of sp³-hybridized carbons (Fsp3) is 0.800. The third kappa shape index (κ3) is 6.92. The van der Waals surface area contributed by atoms with E-state index in [1.165, 1.54) is 6.92 Å². The molecule has 0 aliphatic carbocycles. The van der Waals surface area contributed by atoms with E-state index in [4.69, 9.17) is 27.6 Å². The highest BCUT2D eigenvalue weighted by atomic mass is 35.9. The van der Waals surface area contributed by atoms with E-state index in [0.29, 0.717) is 0 Å². The fourth-order valence-electron chi connectivity index (χ4n) is 0.459. The number of halogens is 2. The molecule has 4 nitrogen and oxygen atoms in total. The van der Waals surface area contributed by atoms with Crippen molar-refractivity contribution in [1.29, 1.82) is 0 Å². The molecule has 0 aromatic heterocycles. The maximum atomic E-state index is 10.5. The minimum Gasteiger partial charge on any atom is -0.481 e. The van der Waals surface area contributed by atoms with Gasteiger partial charge >= 0.3 is 12.0 Å². The van der Waals surface area contributed by atoms with E-state index in [0.717, 1.165) is 0 Å². The first kappa shape index (κ1) is 12.2. The second-order valence-electron chi connectivity index (χ2n) is 2.28. The van der Waals surface area contributed by atoms with Gasteiger partial charge in [-0.15, -0.1) is 0 Å². The lowest BCUT2D eigenvalue weighted by molar-refractivity contribution is -0.141. The Kier molecular flexibility index (Phi) is 5.18. The van der Waals surface area contributed by atoms with Crippen LogP contribution >= 0.6 is 28.6 Å². The van der Waals surface area contributed by atoms with Crippen molar-refractivity contribution in [3.8, 4) is 0 Å². The second kappa shape index (κ2) is 5.07. The van der Waals surface area contributed by atoms with Gasteiger partial charge in [0.1, 0.15) is 0 Å². The van der Waals surface area contributed by atoms with Gasteiger partial charge in [0.15, 0.2) is 0 Å². The molecule has 0 rings (SSSR count). The predicted molar refractivity (Wildman–Crippen MR) is 46.7 cm³/mol. The summed E-state index contributed by atoms with van der Waals surface area (Å²) in [5.41, 5.74) is 0. The lowest BCUT2D eigenvalue weighted by atomic mass is 10.1. The third-order valence-electron chi connectivity index (χ3n) is 1.21. The fourth-order valence-corrected chi connectivity index (χ4v) is 1.19. The number of carboxylic acids is 1. The molecule has 72 valence electrons. The molecule has 0 saturated heterocycles. The third-order valence-corrected chi connectivity index (χ3v) is 2.28. The predicted octanol–water partition coefficient (Wildman–Crippen LogP) is 2.70. The minimum atomic E-state index is -3.50. The maximum Gasteiger partial charge on any atom is 0.380 e. The number of aliphatic carboxylic acids is 1. The van der Waals surface area contributed by atoms with Crippen LogP contribution in [-0.4, -0.2) is 17.7 Å². The molecular weight excluding hydrogens is 226 g/mol. The quantitative estimate of drug-likeness (QED) is 0.744. The zero-order valence-electron chi connectivity index (χ0n) is 6.37. The van der Waals surface area contributed by atoms with Crippen molar-refractivity contribution in [2.45, 2.75) is 13.3 Å². The van der Waals surface area contributed by atoms with Crippen molar-refractivity contribution in [1.82, 2.24) is 0 Å². The van der Waals surface area contributed by atoms with Gasteiger partial charge in [-0.25, -0.2) is 0 Å². The van der Waals surface area contributed by atoms with Crippen LogP contribution in [0, 0.1) is 5.92 Å². The Morgan fingerprint density at radius 2 is 2.17 bits per heavy atom. The van der Waals surface area contributed by atoms with Crippen LogP contribution in [0.25, 0.3) is 0 Å². The zero-order valence-corrected chi connectivity index (χ0v) is 8.77. The molecule has 0 radical (unpaired) electrons. The van der Waals surface area contributed by atoms with E-state index < -0.39 is 18.0 Å². The van der Waals surface area contributed by atoms with Crippen molar-refractivity contribution >= 4 is 34.5 Å². The maximum absolute atomic E-state index is 10.5. The average Bonchev–Trinajstić information content (AvgIpc) is 1.84. The van der Waals surface area contributed by atoms with Gasteiger partial charge in [-0.2, -0.15) is 0 Å². The van der Waals surface area contributed by atoms with Crippen molar-refractivity contribution in [3.63, 3.8) is 0 Å². The van der Waals surface area contributed by atoms with E-state index in [-0.39, 0.29) is 13.0 Å². The highest BCUT2D eigenvalue weighted by Crippen LogP contribution is 2.57. The molecule has 0 unspecified atom stereocenters. The number of hydrogen-bond acceptors (Lipinski definition) is 3. The summed E-state index contributed by atoms with van der Waals surface area (Å²) >= 11 is 10.1. The SMILES string of the molecule is C[C@@H](CCOP(=O)(Cl)Cl)C(=O)O. The Bertz CT molecular complexity index is 202. The highest BCUT2D eigenvalue weighted by molar-refractivity contribution is 8.05. The summed E-state index contributed by atoms with van der Waals surface area (Å²) in [6, 6.07) is 0. The van der Waals surface area contributed by atoms with Gasteiger partial charge in [0.2, 0.25) is 0 Å². The topological polar surface area (TPSA) is 63.6 Å². The van der Waals surface area contributed by atoms with Crippen LogP contribution in [0.5, 0.6) is 0 Å². The molecule has 0 saturated carbocycles. The molecule has 1 N–H and O–H groups in total. The molecule has 0 aromatic rings. The largest absolute Gasteiger partial charge is 0.481 e. The number of carboxylic acid groups (broad SMARTS) is 1. The molecule has 0 fully saturated rings. The van der Waals surface area contributed by atoms with Gasteiger partial charge in [-0.1, -0.05) is 6.92 Å². The van der Waals surface area contributed by atoms with Crippen molar-refractivity contribution in [2.75, 3.05) is 6.61 Å². The lowest BCUT2D eigenvalue weighted by Crippen LogP contribution is -2.11. The van der Waals surface area contributed by atoms with E-state index in [1.807, 2.05) is 0 Å². The summed E-state index contributed by atoms with van der Waals surface area (Å²) in [6.07, 6.45) is -3.27. The number of rotatable bonds is 5. The van der Waals surface area contributed by atoms with Crippen LogP contribution in [0.15, 0.2) is 0 Å². The summed E-state index contributed by atoms with van der Waals surface area (Å²) in [6.45, 7) is 1.50. The van der Waals surface area contributed by atoms with Crippen LogP contribution in [0.3, 0.4) is 0 Å². The number of hydrogen-bond donors (Lipinski definition) is 1. The molecule has 0 spiro atoms. The van der Waals surface area contributed by atoms with Crippen LogP contribution in [-0.2, 0) is 13.9 Å². The molecule has 0 amide bonds. The number of carbonyl (C=O) groups is 1. The second-order valence-corrected chi connectivity index (χ2v) is 6.55. The standard InChI is InChI=1S/C5H9Cl2O4P/c1-4(5(8)9)2-3-11-12(6,7)10/h4H,2-3H2,1H3,(H,8,9)/t4-/m0/s1. The van der Waals surface area contributed by atoms with Gasteiger partial charge in [0, 0.05) is 0 Å². The van der Waals surface area contributed by atoms with E-state index in [1.54, 1.807) is 0 Å². The smallest absolute Gasteiger partial charge is 0.380 e. The first-order chi connectivity index (χ1) is 5.33. The first-order valence-electron chi connectivity index (χ1n) is 3.19. The van der Waals surface area contributed by atoms with Gasteiger partial charge in [0.05, 0.1) is 12.5 Å². The zero-order chi connectivity index (χ0) is 9.78. The summed E-state index contributed by atoms with van der Waals surface area (Å²) in [5, 5.41) is 8.42. The van der Waals surface area contributed by atoms with E-state index >= 15 is 0 Å². The van der Waals surface area contributed by atoms with Gasteiger partial charge in [0.25, 0.3) is 0 Å². The molecule has 0 aliphatic heterocycles. The minimum absolute atomic E-state index is 0.0161. The Hall–Kier alpha value is 0.240. The Balaban J connectivity index is 3.58. The summed E-state index contributed by atoms with van der Waals surface area (Å²) in [7, 11) is 0. The lowest BCUT2D eigenvalue weighted by Gasteiger charge is -2.06. The summed E-state index contributed by atoms with van der Waals surface area (Å²) in [5.74, 6) is -1.48. The van der Waals surface area contributed by atoms with Crippen LogP contribution < -0.4 is 0 Å². The molecule has 0 aromatic carbocycles. The van der Waals surface area contributed by atoms with Crippen molar-refractivity contribution < 1.29 is 19.0 Å². The Morgan fingerprint density at radius 3 is 2.50 bits per heavy atom. The van der Waals surface area contributed by atoms with Crippen molar-refractivity contribution in [2.24, 2.45) is 5.92 Å². The van der Waals surface area contributed by atoms with Crippen molar-refractivity contribution in [3.05, 3.63) is 0 Å². The van der Waals surface area contributed by atoms with Crippen LogP contribution in [0.2, 0.25) is 0 Å². The Labute approximate surface area is 79.8 Å². The average molecular weight is 235 g/mol. The summed E-state index contributed by atoms with van der Waals surface area (Å²) in [4.78, 5) is 10.3. The molecule has 1 atom stereocenters. The van der Waals surface area contributed by atoms with Gasteiger partial charge in [-0.05, 0) is 28.9 Å². The van der Waals surface area contributed by atoms with E-state index in [2.05, 4.69) is 4.52 Å². The Morgan fingerprint density at radius 1 is 1.67 bits per heavy atom. The first-order valence-corrected chi connectivity index (χ1v) is 6.63. The molecule has 0 bridgehead atoms. The normalized spacial score (nSPS) is 14.2. The molecule has 7 heteroatoms. The van der Waals surface area contributed by atoms with E-state index in [9.17, 15) is 9.36 Å². The highest BCUT2D eigenvalue weighted by Gasteiger charge is 2.16. The monoisotopic (exact) mass is 234 g/mol. The van der Waals surface area contributed by atoms with Crippen LogP contribution in [0.4, 0.5) is 0 Å². The molecular formula is C5H9Cl2O4P. The van der Waals surface area contributed by atoms with Gasteiger partial charge < -0.3 is 9.63 Å². The van der Waals surface area contributed by atoms with Gasteiger partial charge in [-0.3, -0.25) is 9.36 Å². The summed E-state index contributed by atoms with van der Waals surface area (Å²) < 4.78 is 15.0. The van der Waals surface area contributed by atoms with Crippen LogP contribution in [0.1, 0.15) is 13.3 Å². The molecule has 0 aliphatic rings. The molecule has 12 heavy (non-hydrogen) atoms. The molecule has 0 heterocycles.